The van der Waals surface area contributed by atoms with E-state index in [1.54, 1.807) is 0 Å². The number of ether oxygens (including phenoxy) is 4. The molecule has 4 aromatic heterocycles. The van der Waals surface area contributed by atoms with Crippen molar-refractivity contribution in [1.29, 1.82) is 0 Å². The van der Waals surface area contributed by atoms with Crippen molar-refractivity contribution in [2.24, 2.45) is 0 Å². The van der Waals surface area contributed by atoms with Crippen LogP contribution in [0, 0.1) is 27.7 Å². The van der Waals surface area contributed by atoms with E-state index < -0.39 is 0 Å². The van der Waals surface area contributed by atoms with E-state index in [1.165, 1.54) is 44.5 Å². The third-order valence-corrected chi connectivity index (χ3v) is 14.8. The largest absolute Gasteiger partial charge is 0.487 e. The van der Waals surface area contributed by atoms with Crippen LogP contribution in [0.3, 0.4) is 0 Å². The van der Waals surface area contributed by atoms with Gasteiger partial charge in [0.25, 0.3) is 0 Å². The van der Waals surface area contributed by atoms with Crippen LogP contribution >= 0.6 is 0 Å². The van der Waals surface area contributed by atoms with Gasteiger partial charge in [-0.3, -0.25) is 0 Å². The maximum atomic E-state index is 6.62. The summed E-state index contributed by atoms with van der Waals surface area (Å²) in [7, 11) is 0. The van der Waals surface area contributed by atoms with Crippen LogP contribution in [-0.2, 0) is 26.2 Å². The minimum atomic E-state index is -0.0115. The van der Waals surface area contributed by atoms with E-state index in [-0.39, 0.29) is 11.8 Å². The third-order valence-electron chi connectivity index (χ3n) is 14.8. The molecule has 78 heavy (non-hydrogen) atoms. The number of benzene rings is 6. The Morgan fingerprint density at radius 2 is 0.462 bits per heavy atom. The molecule has 6 aromatic carbocycles. The highest BCUT2D eigenvalue weighted by Crippen LogP contribution is 2.39. The molecule has 0 radical (unpaired) electrons. The summed E-state index contributed by atoms with van der Waals surface area (Å²) >= 11 is 0. The van der Waals surface area contributed by atoms with E-state index in [9.17, 15) is 0 Å². The maximum Gasteiger partial charge on any atom is 0.182 e. The van der Waals surface area contributed by atoms with Crippen molar-refractivity contribution < 1.29 is 37.2 Å². The van der Waals surface area contributed by atoms with Crippen LogP contribution in [0.5, 0.6) is 23.0 Å². The molecule has 0 amide bonds. The topological polar surface area (TPSA) is 52.4 Å². The second-order valence-corrected chi connectivity index (χ2v) is 20.7. The zero-order valence-corrected chi connectivity index (χ0v) is 45.2. The van der Waals surface area contributed by atoms with Gasteiger partial charge in [0.15, 0.2) is 75.8 Å². The van der Waals surface area contributed by atoms with Crippen LogP contribution in [0.25, 0.3) is 22.3 Å². The van der Waals surface area contributed by atoms with Crippen molar-refractivity contribution in [3.63, 3.8) is 0 Å². The summed E-state index contributed by atoms with van der Waals surface area (Å²) in [4.78, 5) is 0. The summed E-state index contributed by atoms with van der Waals surface area (Å²) in [6.07, 6.45) is 17.0. The monoisotopic (exact) mass is 1030 g/mol. The number of aryl methyl sites for hydroxylation is 4. The lowest BCUT2D eigenvalue weighted by Gasteiger charge is -2.21. The van der Waals surface area contributed by atoms with Gasteiger partial charge in [0, 0.05) is 72.5 Å². The Morgan fingerprint density at radius 3 is 0.667 bits per heavy atom. The fourth-order valence-electron chi connectivity index (χ4n) is 10.3. The highest BCUT2D eigenvalue weighted by Gasteiger charge is 2.22. The molecule has 12 bridgehead atoms. The lowest BCUT2D eigenvalue weighted by atomic mass is 9.84. The first-order valence-corrected chi connectivity index (χ1v) is 27.3. The Balaban J connectivity index is 0.866. The Bertz CT molecular complexity index is 3090. The molecular formula is C70H68N4O4+4. The normalized spacial score (nSPS) is 13.1. The number of hydrogen-bond donors (Lipinski definition) is 0. The van der Waals surface area contributed by atoms with Crippen molar-refractivity contribution in [2.45, 2.75) is 65.7 Å². The fraction of sp³-hybridized carbons (Fsp3) is 0.200. The molecule has 7 aliphatic heterocycles. The predicted octanol–water partition coefficient (Wildman–Crippen LogP) is 12.4. The summed E-state index contributed by atoms with van der Waals surface area (Å²) < 4.78 is 35.1. The van der Waals surface area contributed by atoms with Crippen LogP contribution < -0.4 is 37.2 Å². The minimum Gasteiger partial charge on any atom is -0.487 e. The molecule has 10 aromatic rings. The van der Waals surface area contributed by atoms with E-state index in [0.29, 0.717) is 52.6 Å². The molecule has 388 valence electrons. The number of aromatic nitrogens is 4. The van der Waals surface area contributed by atoms with Gasteiger partial charge in [-0.05, 0) is 108 Å². The molecule has 8 heteroatoms. The molecular weight excluding hydrogens is 961 g/mol. The van der Waals surface area contributed by atoms with Crippen molar-refractivity contribution in [3.05, 3.63) is 287 Å². The molecule has 0 atom stereocenters. The smallest absolute Gasteiger partial charge is 0.182 e. The van der Waals surface area contributed by atoms with E-state index in [1.807, 2.05) is 12.1 Å². The first-order chi connectivity index (χ1) is 38.2. The Kier molecular flexibility index (Phi) is 15.8. The number of hydrogen-bond acceptors (Lipinski definition) is 4. The Hall–Kier alpha value is -8.88. The highest BCUT2D eigenvalue weighted by molar-refractivity contribution is 5.62. The van der Waals surface area contributed by atoms with Gasteiger partial charge in [0.05, 0.1) is 0 Å². The molecule has 0 aliphatic carbocycles. The van der Waals surface area contributed by atoms with Gasteiger partial charge in [-0.25, -0.2) is 18.3 Å². The molecule has 0 saturated heterocycles. The number of pyridine rings is 4. The summed E-state index contributed by atoms with van der Waals surface area (Å²) in [5.41, 5.74) is 16.6. The van der Waals surface area contributed by atoms with Crippen LogP contribution in [0.2, 0.25) is 0 Å². The van der Waals surface area contributed by atoms with Crippen molar-refractivity contribution in [3.8, 4) is 45.3 Å². The average Bonchev–Trinajstić information content (AvgIpc) is 3.49. The summed E-state index contributed by atoms with van der Waals surface area (Å²) in [6, 6.07) is 65.6. The molecule has 8 nitrogen and oxygen atoms in total. The third kappa shape index (κ3) is 12.8. The van der Waals surface area contributed by atoms with E-state index in [2.05, 4.69) is 265 Å². The zero-order chi connectivity index (χ0) is 53.2. The van der Waals surface area contributed by atoms with Gasteiger partial charge in [0.2, 0.25) is 0 Å². The summed E-state index contributed by atoms with van der Waals surface area (Å²) in [6.45, 7) is 13.2. The Morgan fingerprint density at radius 1 is 0.256 bits per heavy atom. The molecule has 0 spiro atoms. The predicted molar refractivity (Wildman–Crippen MR) is 306 cm³/mol. The van der Waals surface area contributed by atoms with Crippen molar-refractivity contribution >= 4 is 0 Å². The zero-order valence-electron chi connectivity index (χ0n) is 45.2. The quantitative estimate of drug-likeness (QED) is 0.123. The second kappa shape index (κ2) is 24.0. The first-order valence-electron chi connectivity index (χ1n) is 27.3. The molecule has 0 fully saturated rings. The number of rotatable bonds is 6. The standard InChI is InChI=1S/C70H68N4O4/c1-51-5-13-59(14-6-51)69(60-15-7-52(2)8-16-60)63-45-65-49-66(46-63)76-42-38-72-31-23-56(24-32-72)58-27-35-74(36-28-58)40-44-78-68-48-64(70(61-17-9-53(3)10-18-61)62-19-11-54(4)12-20-62)47-67(50-68)77-43-39-73-33-25-57(26-34-73)55-21-29-71(30-22-55)37-41-75-65/h5-36,45-50,69-70H,37-44H2,1-4H3/q+4. The molecule has 11 heterocycles. The summed E-state index contributed by atoms with van der Waals surface area (Å²) in [5.74, 6) is 3.09. The van der Waals surface area contributed by atoms with E-state index in [0.717, 1.165) is 56.4 Å². The molecule has 0 N–H and O–H groups in total. The molecule has 17 rings (SSSR count). The van der Waals surface area contributed by atoms with Gasteiger partial charge in [-0.1, -0.05) is 119 Å². The first kappa shape index (κ1) is 51.2. The van der Waals surface area contributed by atoms with E-state index >= 15 is 0 Å². The van der Waals surface area contributed by atoms with Crippen molar-refractivity contribution in [1.82, 2.24) is 0 Å². The summed E-state index contributed by atoms with van der Waals surface area (Å²) in [5, 5.41) is 0. The van der Waals surface area contributed by atoms with Gasteiger partial charge < -0.3 is 18.9 Å². The minimum absolute atomic E-state index is 0.0115. The van der Waals surface area contributed by atoms with Crippen molar-refractivity contribution in [2.75, 3.05) is 26.4 Å². The van der Waals surface area contributed by atoms with Gasteiger partial charge in [-0.15, -0.1) is 0 Å². The second-order valence-electron chi connectivity index (χ2n) is 20.7. The molecule has 7 aliphatic rings. The Labute approximate surface area is 459 Å². The number of nitrogens with zero attached hydrogens (tertiary/aromatic N) is 4. The molecule has 0 saturated carbocycles. The van der Waals surface area contributed by atoms with E-state index in [4.69, 9.17) is 18.9 Å². The SMILES string of the molecule is Cc1ccc(C(c2ccc(C)cc2)c2cc3cc(c2)OCC[n+]2ccc(cc2)-c2cc[n+](cc2)CCOc2cc(cc(C(c4ccc(C)cc4)c4ccc(C)cc4)c2)OCC[n+]2ccc(cc2)-c2cc[n+](cc2)CCO3)cc1. The highest BCUT2D eigenvalue weighted by atomic mass is 16.5. The van der Waals surface area contributed by atoms with Crippen LogP contribution in [0.1, 0.15) is 67.5 Å². The van der Waals surface area contributed by atoms with Gasteiger partial charge >= 0.3 is 0 Å². The van der Waals surface area contributed by atoms with Crippen LogP contribution in [0.15, 0.2) is 232 Å². The van der Waals surface area contributed by atoms with Crippen LogP contribution in [0.4, 0.5) is 0 Å². The fourth-order valence-corrected chi connectivity index (χ4v) is 10.3. The lowest BCUT2D eigenvalue weighted by Crippen LogP contribution is -2.36. The maximum absolute atomic E-state index is 6.62. The van der Waals surface area contributed by atoms with Gasteiger partial charge in [-0.2, -0.15) is 0 Å². The average molecular weight is 1030 g/mol. The lowest BCUT2D eigenvalue weighted by molar-refractivity contribution is -0.697. The molecule has 0 unspecified atom stereocenters. The van der Waals surface area contributed by atoms with Crippen LogP contribution in [-0.4, -0.2) is 26.4 Å². The van der Waals surface area contributed by atoms with Gasteiger partial charge in [0.1, 0.15) is 49.4 Å².